The fourth-order valence-electron chi connectivity index (χ4n) is 3.71. The number of nitrogens with zero attached hydrogens (tertiary/aromatic N) is 2. The average Bonchev–Trinajstić information content (AvgIpc) is 3.02. The van der Waals surface area contributed by atoms with Crippen LogP contribution in [-0.2, 0) is 15.0 Å². The minimum absolute atomic E-state index is 0.0989. The van der Waals surface area contributed by atoms with Crippen LogP contribution in [0.4, 0.5) is 5.69 Å². The van der Waals surface area contributed by atoms with Gasteiger partial charge in [-0.15, -0.1) is 0 Å². The van der Waals surface area contributed by atoms with Gasteiger partial charge in [-0.1, -0.05) is 56.0 Å². The van der Waals surface area contributed by atoms with Crippen LogP contribution >= 0.6 is 24.0 Å². The van der Waals surface area contributed by atoms with Crippen molar-refractivity contribution in [3.8, 4) is 0 Å². The van der Waals surface area contributed by atoms with Gasteiger partial charge < -0.3 is 10.0 Å². The van der Waals surface area contributed by atoms with E-state index in [4.69, 9.17) is 17.3 Å². The van der Waals surface area contributed by atoms with Crippen molar-refractivity contribution in [2.24, 2.45) is 0 Å². The molecule has 0 bridgehead atoms. The van der Waals surface area contributed by atoms with Crippen molar-refractivity contribution in [1.29, 1.82) is 0 Å². The van der Waals surface area contributed by atoms with Crippen LogP contribution in [0.5, 0.6) is 0 Å². The van der Waals surface area contributed by atoms with E-state index in [2.05, 4.69) is 30.9 Å². The summed E-state index contributed by atoms with van der Waals surface area (Å²) in [5.41, 5.74) is 3.42. The smallest absolute Gasteiger partial charge is 0.303 e. The number of benzene rings is 1. The molecule has 28 heavy (non-hydrogen) atoms. The molecule has 2 heterocycles. The fraction of sp³-hybridized carbons (Fsp3) is 0.381. The Morgan fingerprint density at radius 2 is 1.96 bits per heavy atom. The first-order valence-corrected chi connectivity index (χ1v) is 10.5. The third-order valence-corrected chi connectivity index (χ3v) is 6.62. The summed E-state index contributed by atoms with van der Waals surface area (Å²) >= 11 is 6.65. The molecule has 1 amide bonds. The second-order valence-corrected chi connectivity index (χ2v) is 9.14. The van der Waals surface area contributed by atoms with Crippen LogP contribution in [0.2, 0.25) is 0 Å². The molecule has 0 aliphatic carbocycles. The Kier molecular flexibility index (Phi) is 5.95. The molecule has 1 fully saturated rings. The first-order valence-electron chi connectivity index (χ1n) is 9.24. The van der Waals surface area contributed by atoms with Gasteiger partial charge in [-0.05, 0) is 36.6 Å². The molecule has 0 radical (unpaired) electrons. The van der Waals surface area contributed by atoms with Gasteiger partial charge in [-0.2, -0.15) is 0 Å². The van der Waals surface area contributed by atoms with Crippen molar-refractivity contribution in [3.63, 3.8) is 0 Å². The molecule has 148 valence electrons. The number of rotatable bonds is 6. The van der Waals surface area contributed by atoms with Crippen LogP contribution in [0.25, 0.3) is 0 Å². The Labute approximate surface area is 175 Å². The number of likely N-dealkylation sites (N-methyl/N-ethyl adjacent to an activating group) is 1. The molecule has 0 unspecified atom stereocenters. The molecular weight excluding hydrogens is 392 g/mol. The summed E-state index contributed by atoms with van der Waals surface area (Å²) in [6.45, 7) is 4.83. The van der Waals surface area contributed by atoms with E-state index >= 15 is 0 Å². The molecule has 1 N–H and O–H groups in total. The molecule has 2 aliphatic heterocycles. The van der Waals surface area contributed by atoms with Crippen LogP contribution in [-0.4, -0.2) is 39.8 Å². The Balaban J connectivity index is 1.75. The third-order valence-electron chi connectivity index (χ3n) is 5.23. The summed E-state index contributed by atoms with van der Waals surface area (Å²) in [4.78, 5) is 27.7. The normalized spacial score (nSPS) is 21.1. The van der Waals surface area contributed by atoms with Crippen molar-refractivity contribution in [2.75, 3.05) is 18.5 Å². The minimum atomic E-state index is -0.818. The third kappa shape index (κ3) is 3.86. The lowest BCUT2D eigenvalue weighted by atomic mass is 9.84. The number of thioether (sulfide) groups is 1. The number of amides is 1. The highest BCUT2D eigenvalue weighted by molar-refractivity contribution is 8.26. The monoisotopic (exact) mass is 416 g/mol. The van der Waals surface area contributed by atoms with Gasteiger partial charge in [0.25, 0.3) is 5.91 Å². The number of aliphatic carboxylic acids is 1. The molecule has 5 nitrogen and oxygen atoms in total. The van der Waals surface area contributed by atoms with E-state index in [-0.39, 0.29) is 17.7 Å². The number of anilines is 1. The lowest BCUT2D eigenvalue weighted by Gasteiger charge is -2.23. The van der Waals surface area contributed by atoms with Gasteiger partial charge in [0.15, 0.2) is 0 Å². The number of hydrogen-bond acceptors (Lipinski definition) is 5. The zero-order valence-corrected chi connectivity index (χ0v) is 17.9. The number of hydrogen-bond donors (Lipinski definition) is 1. The lowest BCUT2D eigenvalue weighted by Crippen LogP contribution is -2.29. The molecule has 0 aromatic heterocycles. The van der Waals surface area contributed by atoms with Gasteiger partial charge in [0.05, 0.1) is 4.91 Å². The molecule has 2 aliphatic rings. The van der Waals surface area contributed by atoms with E-state index in [1.54, 1.807) is 4.90 Å². The van der Waals surface area contributed by atoms with E-state index in [9.17, 15) is 9.59 Å². The standard InChI is InChI=1S/C21H24N2O3S2/c1-21(2)14-8-4-5-9-15(14)22(3)17(21)12-11-16-19(26)23(20(27)28-16)13-7-6-10-18(24)25/h4-5,8-9,11-12H,6-7,10,13H2,1-3H3,(H,24,25)/b16-11+,17-12-. The first kappa shape index (κ1) is 20.6. The maximum absolute atomic E-state index is 12.7. The van der Waals surface area contributed by atoms with Crippen molar-refractivity contribution in [3.05, 3.63) is 52.6 Å². The Hall–Kier alpha value is -2.12. The average molecular weight is 417 g/mol. The zero-order chi connectivity index (χ0) is 20.5. The van der Waals surface area contributed by atoms with E-state index in [1.165, 1.54) is 23.0 Å². The molecule has 3 rings (SSSR count). The molecule has 0 atom stereocenters. The second-order valence-electron chi connectivity index (χ2n) is 7.46. The number of unbranched alkanes of at least 4 members (excludes halogenated alkanes) is 1. The predicted molar refractivity (Wildman–Crippen MR) is 117 cm³/mol. The van der Waals surface area contributed by atoms with E-state index in [1.807, 2.05) is 31.3 Å². The maximum Gasteiger partial charge on any atom is 0.303 e. The van der Waals surface area contributed by atoms with Gasteiger partial charge in [0, 0.05) is 36.8 Å². The van der Waals surface area contributed by atoms with Gasteiger partial charge >= 0.3 is 5.97 Å². The summed E-state index contributed by atoms with van der Waals surface area (Å²) in [5, 5.41) is 8.72. The number of carboxylic acids is 1. The summed E-state index contributed by atoms with van der Waals surface area (Å²) in [5.74, 6) is -0.917. The number of fused-ring (bicyclic) bond motifs is 1. The van der Waals surface area contributed by atoms with Crippen LogP contribution in [0.1, 0.15) is 38.7 Å². The fourth-order valence-corrected chi connectivity index (χ4v) is 4.96. The second kappa shape index (κ2) is 8.09. The molecule has 1 aromatic carbocycles. The molecule has 7 heteroatoms. The number of carbonyl (C=O) groups is 2. The minimum Gasteiger partial charge on any atom is -0.481 e. The number of carboxylic acid groups (broad SMARTS) is 1. The first-order chi connectivity index (χ1) is 13.2. The number of para-hydroxylation sites is 1. The molecule has 1 saturated heterocycles. The Morgan fingerprint density at radius 3 is 2.64 bits per heavy atom. The largest absolute Gasteiger partial charge is 0.481 e. The quantitative estimate of drug-likeness (QED) is 0.424. The van der Waals surface area contributed by atoms with Gasteiger partial charge in [-0.25, -0.2) is 0 Å². The predicted octanol–water partition coefficient (Wildman–Crippen LogP) is 4.30. The molecular formula is C21H24N2O3S2. The summed E-state index contributed by atoms with van der Waals surface area (Å²) in [6.07, 6.45) is 5.14. The van der Waals surface area contributed by atoms with Crippen molar-refractivity contribution >= 4 is 45.9 Å². The molecule has 0 spiro atoms. The van der Waals surface area contributed by atoms with Gasteiger partial charge in [-0.3, -0.25) is 14.5 Å². The van der Waals surface area contributed by atoms with Gasteiger partial charge in [0.1, 0.15) is 4.32 Å². The van der Waals surface area contributed by atoms with Gasteiger partial charge in [0.2, 0.25) is 0 Å². The van der Waals surface area contributed by atoms with Crippen LogP contribution < -0.4 is 4.90 Å². The molecule has 0 saturated carbocycles. The Bertz CT molecular complexity index is 889. The van der Waals surface area contributed by atoms with Crippen LogP contribution in [0.15, 0.2) is 47.0 Å². The summed E-state index contributed by atoms with van der Waals surface area (Å²) < 4.78 is 0.535. The van der Waals surface area contributed by atoms with E-state index in [0.29, 0.717) is 28.6 Å². The Morgan fingerprint density at radius 1 is 1.25 bits per heavy atom. The van der Waals surface area contributed by atoms with Crippen molar-refractivity contribution in [2.45, 2.75) is 38.5 Å². The number of thiocarbonyl (C=S) groups is 1. The van der Waals surface area contributed by atoms with Crippen LogP contribution in [0.3, 0.4) is 0 Å². The maximum atomic E-state index is 12.7. The zero-order valence-electron chi connectivity index (χ0n) is 16.3. The molecule has 1 aromatic rings. The summed E-state index contributed by atoms with van der Waals surface area (Å²) in [7, 11) is 2.04. The highest BCUT2D eigenvalue weighted by Crippen LogP contribution is 2.46. The van der Waals surface area contributed by atoms with E-state index in [0.717, 1.165) is 5.70 Å². The number of allylic oxidation sites excluding steroid dienone is 3. The number of carbonyl (C=O) groups excluding carboxylic acids is 1. The SMILES string of the molecule is CN1/C(=C\C=C2\SC(=S)N(CCCCC(=O)O)C2=O)C(C)(C)c2ccccc21. The highest BCUT2D eigenvalue weighted by atomic mass is 32.2. The van der Waals surface area contributed by atoms with E-state index < -0.39 is 5.97 Å². The topological polar surface area (TPSA) is 60.9 Å². The van der Waals surface area contributed by atoms with Crippen LogP contribution in [0, 0.1) is 0 Å². The summed E-state index contributed by atoms with van der Waals surface area (Å²) in [6, 6.07) is 8.33. The van der Waals surface area contributed by atoms with Crippen molar-refractivity contribution < 1.29 is 14.7 Å². The van der Waals surface area contributed by atoms with Crippen molar-refractivity contribution in [1.82, 2.24) is 4.90 Å². The highest BCUT2D eigenvalue weighted by Gasteiger charge is 2.38. The lowest BCUT2D eigenvalue weighted by molar-refractivity contribution is -0.137.